The molecule has 3 fully saturated rings. The highest BCUT2D eigenvalue weighted by atomic mass is 16.5. The number of carbonyl (C=O) groups is 3. The molecule has 0 aliphatic carbocycles. The molecule has 3 saturated heterocycles. The largest absolute Gasteiger partial charge is 0.394 e. The standard InChI is InChI=1S/C35H43N3O5/c1-7-20-36(26-16-11-10-12-17-26)31(40)27-28-32(41)38(25(9-3)22-39)30(35(28)19-18-34(27,6)43-35)33(42)37(21-8-2)29-23(4)14-13-15-24(29)5/h7-8,10-17,25,27-28,30,39H,1-2,9,18-22H2,3-6H3/t25-,27+,28-,30?,34-,35?/m0/s1. The third-order valence-corrected chi connectivity index (χ3v) is 9.72. The van der Waals surface area contributed by atoms with Gasteiger partial charge in [0.05, 0.1) is 30.1 Å². The third-order valence-electron chi connectivity index (χ3n) is 9.72. The first-order valence-electron chi connectivity index (χ1n) is 15.2. The summed E-state index contributed by atoms with van der Waals surface area (Å²) < 4.78 is 6.88. The number of hydrogen-bond acceptors (Lipinski definition) is 5. The molecule has 0 radical (unpaired) electrons. The van der Waals surface area contributed by atoms with Crippen LogP contribution in [0.1, 0.15) is 44.2 Å². The number of aliphatic hydroxyl groups is 1. The summed E-state index contributed by atoms with van der Waals surface area (Å²) in [5, 5.41) is 10.5. The van der Waals surface area contributed by atoms with Crippen LogP contribution >= 0.6 is 0 Å². The first-order valence-corrected chi connectivity index (χ1v) is 15.2. The summed E-state index contributed by atoms with van der Waals surface area (Å²) in [5.74, 6) is -2.50. The minimum atomic E-state index is -1.21. The lowest BCUT2D eigenvalue weighted by atomic mass is 9.66. The Labute approximate surface area is 254 Å². The summed E-state index contributed by atoms with van der Waals surface area (Å²) in [6.07, 6.45) is 4.78. The van der Waals surface area contributed by atoms with Crippen molar-refractivity contribution in [1.82, 2.24) is 4.90 Å². The van der Waals surface area contributed by atoms with Crippen LogP contribution < -0.4 is 9.80 Å². The number of nitrogens with zero attached hydrogens (tertiary/aromatic N) is 3. The number of rotatable bonds is 11. The fraction of sp³-hybridized carbons (Fsp3) is 0.457. The molecule has 0 aromatic heterocycles. The number of para-hydroxylation sites is 2. The molecule has 6 atom stereocenters. The van der Waals surface area contributed by atoms with Gasteiger partial charge in [0.2, 0.25) is 11.8 Å². The number of hydrogen-bond donors (Lipinski definition) is 1. The van der Waals surface area contributed by atoms with Crippen molar-refractivity contribution >= 4 is 29.1 Å². The fourth-order valence-corrected chi connectivity index (χ4v) is 7.85. The number of amides is 3. The highest BCUT2D eigenvalue weighted by molar-refractivity contribution is 6.07. The third kappa shape index (κ3) is 4.71. The van der Waals surface area contributed by atoms with Crippen LogP contribution in [-0.2, 0) is 19.1 Å². The average molecular weight is 586 g/mol. The Morgan fingerprint density at radius 1 is 1.02 bits per heavy atom. The van der Waals surface area contributed by atoms with Crippen molar-refractivity contribution in [2.45, 2.75) is 70.2 Å². The molecular weight excluding hydrogens is 542 g/mol. The van der Waals surface area contributed by atoms with Crippen molar-refractivity contribution < 1.29 is 24.2 Å². The van der Waals surface area contributed by atoms with Crippen LogP contribution in [0, 0.1) is 25.7 Å². The second kappa shape index (κ2) is 11.7. The van der Waals surface area contributed by atoms with Crippen LogP contribution in [0.4, 0.5) is 11.4 Å². The van der Waals surface area contributed by atoms with Crippen molar-refractivity contribution in [3.05, 3.63) is 85.0 Å². The molecule has 5 rings (SSSR count). The van der Waals surface area contributed by atoms with E-state index in [0.29, 0.717) is 24.9 Å². The van der Waals surface area contributed by atoms with Crippen molar-refractivity contribution in [2.75, 3.05) is 29.5 Å². The number of ether oxygens (including phenoxy) is 1. The molecule has 2 aromatic rings. The van der Waals surface area contributed by atoms with Gasteiger partial charge in [-0.05, 0) is 63.3 Å². The summed E-state index contributed by atoms with van der Waals surface area (Å²) in [7, 11) is 0. The van der Waals surface area contributed by atoms with Crippen molar-refractivity contribution in [3.63, 3.8) is 0 Å². The van der Waals surface area contributed by atoms with Gasteiger partial charge in [0.15, 0.2) is 0 Å². The molecule has 2 unspecified atom stereocenters. The van der Waals surface area contributed by atoms with Gasteiger partial charge in [0, 0.05) is 24.5 Å². The van der Waals surface area contributed by atoms with Crippen LogP contribution in [0.5, 0.6) is 0 Å². The quantitative estimate of drug-likeness (QED) is 0.390. The summed E-state index contributed by atoms with van der Waals surface area (Å²) in [4.78, 5) is 48.9. The molecule has 8 nitrogen and oxygen atoms in total. The Kier molecular flexibility index (Phi) is 8.38. The SMILES string of the molecule is C=CCN(C(=O)[C@H]1[C@H]2C(=O)N([C@@H](CC)CO)C(C(=O)N(CC=C)c3c(C)cccc3C)C23CC[C@]1(C)O3)c1ccccc1. The van der Waals surface area contributed by atoms with Crippen molar-refractivity contribution in [1.29, 1.82) is 0 Å². The summed E-state index contributed by atoms with van der Waals surface area (Å²) in [5.41, 5.74) is 1.18. The number of carbonyl (C=O) groups excluding carboxylic acids is 3. The molecule has 43 heavy (non-hydrogen) atoms. The van der Waals surface area contributed by atoms with E-state index in [1.54, 1.807) is 26.9 Å². The van der Waals surface area contributed by atoms with Gasteiger partial charge in [-0.3, -0.25) is 14.4 Å². The number of benzene rings is 2. The van der Waals surface area contributed by atoms with Gasteiger partial charge in [0.1, 0.15) is 11.6 Å². The molecule has 1 N–H and O–H groups in total. The number of aryl methyl sites for hydroxylation is 2. The predicted octanol–water partition coefficient (Wildman–Crippen LogP) is 4.58. The van der Waals surface area contributed by atoms with E-state index in [0.717, 1.165) is 16.8 Å². The molecule has 3 amide bonds. The number of fused-ring (bicyclic) bond motifs is 1. The molecule has 0 saturated carbocycles. The number of aliphatic hydroxyl groups excluding tert-OH is 1. The zero-order chi connectivity index (χ0) is 31.1. The highest BCUT2D eigenvalue weighted by Gasteiger charge is 2.79. The molecule has 8 heteroatoms. The molecule has 228 valence electrons. The Hall–Kier alpha value is -3.75. The second-order valence-corrected chi connectivity index (χ2v) is 12.3. The van der Waals surface area contributed by atoms with Gasteiger partial charge in [-0.1, -0.05) is 55.5 Å². The van der Waals surface area contributed by atoms with Gasteiger partial charge < -0.3 is 24.5 Å². The Morgan fingerprint density at radius 3 is 2.23 bits per heavy atom. The summed E-state index contributed by atoms with van der Waals surface area (Å²) >= 11 is 0. The normalized spacial score (nSPS) is 28.0. The maximum Gasteiger partial charge on any atom is 0.253 e. The minimum Gasteiger partial charge on any atom is -0.394 e. The van der Waals surface area contributed by atoms with Gasteiger partial charge in [-0.15, -0.1) is 13.2 Å². The molecule has 1 spiro atoms. The van der Waals surface area contributed by atoms with E-state index in [4.69, 9.17) is 4.74 Å². The van der Waals surface area contributed by atoms with Crippen LogP contribution in [0.15, 0.2) is 73.8 Å². The van der Waals surface area contributed by atoms with Crippen LogP contribution in [0.25, 0.3) is 0 Å². The van der Waals surface area contributed by atoms with Crippen LogP contribution in [0.3, 0.4) is 0 Å². The van der Waals surface area contributed by atoms with E-state index in [9.17, 15) is 19.5 Å². The molecule has 3 heterocycles. The lowest BCUT2D eigenvalue weighted by Gasteiger charge is -2.39. The zero-order valence-corrected chi connectivity index (χ0v) is 25.7. The van der Waals surface area contributed by atoms with Gasteiger partial charge >= 0.3 is 0 Å². The number of likely N-dealkylation sites (tertiary alicyclic amines) is 1. The predicted molar refractivity (Wildman–Crippen MR) is 168 cm³/mol. The van der Waals surface area contributed by atoms with E-state index in [-0.39, 0.29) is 37.4 Å². The van der Waals surface area contributed by atoms with Gasteiger partial charge in [0.25, 0.3) is 5.91 Å². The molecule has 2 aromatic carbocycles. The smallest absolute Gasteiger partial charge is 0.253 e. The second-order valence-electron chi connectivity index (χ2n) is 12.3. The Balaban J connectivity index is 1.65. The Bertz CT molecular complexity index is 1400. The van der Waals surface area contributed by atoms with E-state index in [2.05, 4.69) is 13.2 Å². The van der Waals surface area contributed by atoms with E-state index in [1.165, 1.54) is 0 Å². The summed E-state index contributed by atoms with van der Waals surface area (Å²) in [6, 6.07) is 13.6. The molecule has 3 aliphatic rings. The fourth-order valence-electron chi connectivity index (χ4n) is 7.85. The first kappa shape index (κ1) is 30.7. The number of anilines is 2. The van der Waals surface area contributed by atoms with Crippen LogP contribution in [-0.4, -0.2) is 70.7 Å². The zero-order valence-electron chi connectivity index (χ0n) is 25.7. The van der Waals surface area contributed by atoms with Crippen molar-refractivity contribution in [3.8, 4) is 0 Å². The summed E-state index contributed by atoms with van der Waals surface area (Å²) in [6.45, 7) is 15.7. The first-order chi connectivity index (χ1) is 20.6. The highest BCUT2D eigenvalue weighted by Crippen LogP contribution is 2.64. The van der Waals surface area contributed by atoms with Crippen LogP contribution in [0.2, 0.25) is 0 Å². The van der Waals surface area contributed by atoms with Crippen molar-refractivity contribution in [2.24, 2.45) is 11.8 Å². The average Bonchev–Trinajstić information content (AvgIpc) is 3.56. The minimum absolute atomic E-state index is 0.226. The maximum absolute atomic E-state index is 14.9. The van der Waals surface area contributed by atoms with Gasteiger partial charge in [-0.25, -0.2) is 0 Å². The van der Waals surface area contributed by atoms with E-state index < -0.39 is 35.1 Å². The lowest BCUT2D eigenvalue weighted by molar-refractivity contribution is -0.148. The topological polar surface area (TPSA) is 90.4 Å². The monoisotopic (exact) mass is 585 g/mol. The van der Waals surface area contributed by atoms with Gasteiger partial charge in [-0.2, -0.15) is 0 Å². The van der Waals surface area contributed by atoms with E-state index in [1.807, 2.05) is 76.2 Å². The molecule has 2 bridgehead atoms. The molecular formula is C35H43N3O5. The lowest BCUT2D eigenvalue weighted by Crippen LogP contribution is -2.59. The molecule has 3 aliphatic heterocycles. The maximum atomic E-state index is 14.9. The Morgan fingerprint density at radius 2 is 1.65 bits per heavy atom. The van der Waals surface area contributed by atoms with E-state index >= 15 is 0 Å².